The van der Waals surface area contributed by atoms with Crippen LogP contribution in [-0.4, -0.2) is 21.7 Å². The van der Waals surface area contributed by atoms with E-state index < -0.39 is 0 Å². The number of carbonyl (C=O) groups is 1. The Kier molecular flexibility index (Phi) is 4.53. The van der Waals surface area contributed by atoms with E-state index in [1.807, 2.05) is 31.2 Å². The smallest absolute Gasteiger partial charge is 0.276 e. The zero-order chi connectivity index (χ0) is 18.3. The molecule has 2 heterocycles. The molecule has 1 aromatic carbocycles. The van der Waals surface area contributed by atoms with Crippen LogP contribution in [0.1, 0.15) is 38.3 Å². The van der Waals surface area contributed by atoms with E-state index in [1.54, 1.807) is 11.3 Å². The molecule has 0 aliphatic heterocycles. The SMILES string of the molecule is Cc1nn(CC(=O)NC2CCCCC2C)c(=O)c2c1sc1ccccc12. The van der Waals surface area contributed by atoms with Crippen LogP contribution in [0.25, 0.3) is 20.2 Å². The fraction of sp³-hybridized carbons (Fsp3) is 0.450. The molecule has 5 nitrogen and oxygen atoms in total. The van der Waals surface area contributed by atoms with Crippen LogP contribution in [-0.2, 0) is 11.3 Å². The minimum atomic E-state index is -0.185. The first-order valence-corrected chi connectivity index (χ1v) is 10.0. The zero-order valence-electron chi connectivity index (χ0n) is 15.1. The summed E-state index contributed by atoms with van der Waals surface area (Å²) < 4.78 is 3.30. The van der Waals surface area contributed by atoms with Gasteiger partial charge in [-0.25, -0.2) is 4.68 Å². The predicted molar refractivity (Wildman–Crippen MR) is 106 cm³/mol. The van der Waals surface area contributed by atoms with Crippen LogP contribution in [0, 0.1) is 12.8 Å². The molecule has 4 rings (SSSR count). The second-order valence-corrected chi connectivity index (χ2v) is 8.34. The third kappa shape index (κ3) is 3.03. The Morgan fingerprint density at radius 1 is 1.31 bits per heavy atom. The number of hydrogen-bond acceptors (Lipinski definition) is 4. The van der Waals surface area contributed by atoms with Crippen LogP contribution in [0.2, 0.25) is 0 Å². The summed E-state index contributed by atoms with van der Waals surface area (Å²) in [7, 11) is 0. The van der Waals surface area contributed by atoms with Crippen molar-refractivity contribution in [2.24, 2.45) is 5.92 Å². The molecular weight excluding hydrogens is 346 g/mol. The number of carbonyl (C=O) groups excluding carboxylic acids is 1. The van der Waals surface area contributed by atoms with Crippen molar-refractivity contribution in [2.75, 3.05) is 0 Å². The van der Waals surface area contributed by atoms with Crippen LogP contribution in [0.4, 0.5) is 0 Å². The number of nitrogens with one attached hydrogen (secondary N) is 1. The average molecular weight is 369 g/mol. The number of aromatic nitrogens is 2. The van der Waals surface area contributed by atoms with Gasteiger partial charge in [-0.3, -0.25) is 9.59 Å². The maximum Gasteiger partial charge on any atom is 0.276 e. The molecule has 1 N–H and O–H groups in total. The predicted octanol–water partition coefficient (Wildman–Crippen LogP) is 3.61. The molecule has 1 saturated carbocycles. The molecule has 1 aliphatic carbocycles. The van der Waals surface area contributed by atoms with E-state index in [0.29, 0.717) is 11.3 Å². The second-order valence-electron chi connectivity index (χ2n) is 7.29. The maximum atomic E-state index is 13.0. The van der Waals surface area contributed by atoms with Gasteiger partial charge in [-0.05, 0) is 31.7 Å². The molecule has 6 heteroatoms. The summed E-state index contributed by atoms with van der Waals surface area (Å²) in [5.41, 5.74) is 0.606. The largest absolute Gasteiger partial charge is 0.351 e. The summed E-state index contributed by atoms with van der Waals surface area (Å²) >= 11 is 1.58. The first-order chi connectivity index (χ1) is 12.5. The highest BCUT2D eigenvalue weighted by atomic mass is 32.1. The molecule has 1 aliphatic rings. The Balaban J connectivity index is 1.66. The van der Waals surface area contributed by atoms with Gasteiger partial charge in [0.2, 0.25) is 5.91 Å². The number of amides is 1. The Hall–Kier alpha value is -2.21. The molecule has 0 bridgehead atoms. The molecule has 1 fully saturated rings. The van der Waals surface area contributed by atoms with Crippen molar-refractivity contribution in [1.29, 1.82) is 0 Å². The Labute approximate surface area is 156 Å². The second kappa shape index (κ2) is 6.83. The molecule has 2 atom stereocenters. The molecule has 26 heavy (non-hydrogen) atoms. The van der Waals surface area contributed by atoms with Gasteiger partial charge in [-0.15, -0.1) is 11.3 Å². The molecule has 0 saturated heterocycles. The topological polar surface area (TPSA) is 64.0 Å². The molecule has 0 spiro atoms. The van der Waals surface area contributed by atoms with Gasteiger partial charge >= 0.3 is 0 Å². The van der Waals surface area contributed by atoms with Crippen molar-refractivity contribution in [3.05, 3.63) is 40.3 Å². The summed E-state index contributed by atoms with van der Waals surface area (Å²) in [5.74, 6) is 0.360. The van der Waals surface area contributed by atoms with Crippen molar-refractivity contribution >= 4 is 37.4 Å². The van der Waals surface area contributed by atoms with Gasteiger partial charge in [-0.1, -0.05) is 38.0 Å². The molecule has 3 aromatic rings. The van der Waals surface area contributed by atoms with Gasteiger partial charge in [-0.2, -0.15) is 5.10 Å². The lowest BCUT2D eigenvalue weighted by Gasteiger charge is -2.29. The monoisotopic (exact) mass is 369 g/mol. The number of nitrogens with zero attached hydrogens (tertiary/aromatic N) is 2. The summed E-state index contributed by atoms with van der Waals surface area (Å²) in [6.07, 6.45) is 4.55. The van der Waals surface area contributed by atoms with Crippen LogP contribution in [0.3, 0.4) is 0 Å². The number of hydrogen-bond donors (Lipinski definition) is 1. The highest BCUT2D eigenvalue weighted by Crippen LogP contribution is 2.32. The highest BCUT2D eigenvalue weighted by Gasteiger charge is 2.23. The van der Waals surface area contributed by atoms with E-state index in [2.05, 4.69) is 17.3 Å². The summed E-state index contributed by atoms with van der Waals surface area (Å²) in [5, 5.41) is 9.13. The highest BCUT2D eigenvalue weighted by molar-refractivity contribution is 7.26. The van der Waals surface area contributed by atoms with E-state index >= 15 is 0 Å². The first-order valence-electron chi connectivity index (χ1n) is 9.23. The molecule has 2 unspecified atom stereocenters. The van der Waals surface area contributed by atoms with Crippen LogP contribution < -0.4 is 10.9 Å². The van der Waals surface area contributed by atoms with Gasteiger partial charge < -0.3 is 5.32 Å². The fourth-order valence-electron chi connectivity index (χ4n) is 3.94. The number of thiophene rings is 1. The van der Waals surface area contributed by atoms with Crippen molar-refractivity contribution in [2.45, 2.75) is 52.1 Å². The first kappa shape index (κ1) is 17.2. The van der Waals surface area contributed by atoms with Crippen molar-refractivity contribution in [3.63, 3.8) is 0 Å². The zero-order valence-corrected chi connectivity index (χ0v) is 15.9. The number of rotatable bonds is 3. The van der Waals surface area contributed by atoms with Gasteiger partial charge in [0.25, 0.3) is 5.56 Å². The van der Waals surface area contributed by atoms with Crippen molar-refractivity contribution in [3.8, 4) is 0 Å². The van der Waals surface area contributed by atoms with Gasteiger partial charge in [0.05, 0.1) is 15.8 Å². The Morgan fingerprint density at radius 2 is 2.08 bits per heavy atom. The average Bonchev–Trinajstić information content (AvgIpc) is 3.02. The Bertz CT molecular complexity index is 1040. The van der Waals surface area contributed by atoms with E-state index in [-0.39, 0.29) is 24.1 Å². The van der Waals surface area contributed by atoms with Crippen LogP contribution in [0.5, 0.6) is 0 Å². The van der Waals surface area contributed by atoms with Crippen LogP contribution in [0.15, 0.2) is 29.1 Å². The molecule has 2 aromatic heterocycles. The van der Waals surface area contributed by atoms with Gasteiger partial charge in [0.15, 0.2) is 0 Å². The lowest BCUT2D eigenvalue weighted by atomic mass is 9.86. The lowest BCUT2D eigenvalue weighted by molar-refractivity contribution is -0.123. The van der Waals surface area contributed by atoms with E-state index in [9.17, 15) is 9.59 Å². The van der Waals surface area contributed by atoms with Crippen molar-refractivity contribution in [1.82, 2.24) is 15.1 Å². The van der Waals surface area contributed by atoms with Gasteiger partial charge in [0, 0.05) is 16.1 Å². The fourth-order valence-corrected chi connectivity index (χ4v) is 5.07. The van der Waals surface area contributed by atoms with E-state index in [1.165, 1.54) is 11.1 Å². The van der Waals surface area contributed by atoms with Gasteiger partial charge in [0.1, 0.15) is 6.54 Å². The standard InChI is InChI=1S/C20H23N3O2S/c1-12-7-3-5-9-15(12)21-17(24)11-23-20(25)18-14-8-4-6-10-16(14)26-19(18)13(2)22-23/h4,6,8,10,12,15H,3,5,7,9,11H2,1-2H3,(H,21,24). The molecule has 0 radical (unpaired) electrons. The number of benzene rings is 1. The maximum absolute atomic E-state index is 13.0. The quantitative estimate of drug-likeness (QED) is 0.767. The Morgan fingerprint density at radius 3 is 2.88 bits per heavy atom. The third-order valence-electron chi connectivity index (χ3n) is 5.39. The normalized spacial score (nSPS) is 20.5. The summed E-state index contributed by atoms with van der Waals surface area (Å²) in [4.78, 5) is 25.5. The third-order valence-corrected chi connectivity index (χ3v) is 6.67. The van der Waals surface area contributed by atoms with E-state index in [0.717, 1.165) is 39.7 Å². The molecule has 136 valence electrons. The molecular formula is C20H23N3O2S. The number of fused-ring (bicyclic) bond motifs is 3. The summed E-state index contributed by atoms with van der Waals surface area (Å²) in [6.45, 7) is 4.06. The van der Waals surface area contributed by atoms with Crippen molar-refractivity contribution < 1.29 is 4.79 Å². The number of aryl methyl sites for hydroxylation is 1. The summed E-state index contributed by atoms with van der Waals surface area (Å²) in [6, 6.07) is 8.09. The van der Waals surface area contributed by atoms with Crippen LogP contribution >= 0.6 is 11.3 Å². The minimum absolute atomic E-state index is 0.0248. The lowest BCUT2D eigenvalue weighted by Crippen LogP contribution is -2.43. The minimum Gasteiger partial charge on any atom is -0.351 e. The van der Waals surface area contributed by atoms with E-state index in [4.69, 9.17) is 0 Å². The molecule has 1 amide bonds.